The zero-order chi connectivity index (χ0) is 19.5. The van der Waals surface area contributed by atoms with Crippen LogP contribution >= 0.6 is 11.6 Å². The van der Waals surface area contributed by atoms with Crippen LogP contribution in [0.1, 0.15) is 12.7 Å². The van der Waals surface area contributed by atoms with Gasteiger partial charge in [-0.3, -0.25) is 0 Å². The number of ether oxygens (including phenoxy) is 2. The minimum atomic E-state index is 0.375. The van der Waals surface area contributed by atoms with Crippen molar-refractivity contribution in [3.8, 4) is 17.3 Å². The number of methoxy groups -OCH3 is 1. The molecule has 3 aromatic rings. The van der Waals surface area contributed by atoms with E-state index < -0.39 is 0 Å². The summed E-state index contributed by atoms with van der Waals surface area (Å²) in [6.45, 7) is 3.40. The first kappa shape index (κ1) is 18.5. The molecule has 0 fully saturated rings. The van der Waals surface area contributed by atoms with Crippen LogP contribution < -0.4 is 10.1 Å². The van der Waals surface area contributed by atoms with Crippen molar-refractivity contribution >= 4 is 17.3 Å². The van der Waals surface area contributed by atoms with Gasteiger partial charge in [0.1, 0.15) is 13.2 Å². The van der Waals surface area contributed by atoms with Gasteiger partial charge in [-0.25, -0.2) is 4.98 Å². The van der Waals surface area contributed by atoms with Crippen LogP contribution in [0.5, 0.6) is 5.88 Å². The summed E-state index contributed by atoms with van der Waals surface area (Å²) < 4.78 is 13.1. The van der Waals surface area contributed by atoms with E-state index in [0.29, 0.717) is 30.7 Å². The van der Waals surface area contributed by atoms with E-state index in [4.69, 9.17) is 21.1 Å². The molecule has 2 aromatic heterocycles. The second-order valence-electron chi connectivity index (χ2n) is 6.49. The van der Waals surface area contributed by atoms with Crippen molar-refractivity contribution in [2.45, 2.75) is 20.1 Å². The van der Waals surface area contributed by atoms with E-state index >= 15 is 0 Å². The van der Waals surface area contributed by atoms with Gasteiger partial charge in [-0.15, -0.1) is 10.2 Å². The Morgan fingerprint density at radius 1 is 1.25 bits per heavy atom. The normalized spacial score (nSPS) is 14.5. The first-order chi connectivity index (χ1) is 13.7. The van der Waals surface area contributed by atoms with Crippen molar-refractivity contribution in [3.63, 3.8) is 0 Å². The number of hydrogen-bond donors (Lipinski definition) is 1. The highest BCUT2D eigenvalue weighted by Crippen LogP contribution is 2.34. The molecule has 0 bridgehead atoms. The van der Waals surface area contributed by atoms with Gasteiger partial charge in [0.15, 0.2) is 11.6 Å². The number of benzene rings is 1. The number of fused-ring (bicyclic) bond motifs is 3. The van der Waals surface area contributed by atoms with Crippen molar-refractivity contribution in [1.82, 2.24) is 19.7 Å². The fourth-order valence-corrected chi connectivity index (χ4v) is 3.22. The molecular weight excluding hydrogens is 378 g/mol. The summed E-state index contributed by atoms with van der Waals surface area (Å²) in [4.78, 5) is 4.20. The van der Waals surface area contributed by atoms with E-state index in [0.717, 1.165) is 34.2 Å². The van der Waals surface area contributed by atoms with Gasteiger partial charge >= 0.3 is 0 Å². The summed E-state index contributed by atoms with van der Waals surface area (Å²) in [5.74, 6) is 2.10. The number of nitrogens with one attached hydrogen (secondary N) is 1. The molecule has 1 N–H and O–H groups in total. The van der Waals surface area contributed by atoms with Gasteiger partial charge in [-0.1, -0.05) is 17.7 Å². The average Bonchev–Trinajstić information content (AvgIpc) is 3.02. The first-order valence-corrected chi connectivity index (χ1v) is 9.24. The Morgan fingerprint density at radius 3 is 2.93 bits per heavy atom. The largest absolute Gasteiger partial charge is 0.473 e. The number of allylic oxidation sites excluding steroid dienone is 1. The van der Waals surface area contributed by atoms with Crippen LogP contribution in [0, 0.1) is 0 Å². The van der Waals surface area contributed by atoms with Crippen LogP contribution in [0.15, 0.2) is 53.9 Å². The van der Waals surface area contributed by atoms with Crippen molar-refractivity contribution in [1.29, 1.82) is 0 Å². The topological polar surface area (TPSA) is 74.1 Å². The number of anilines is 1. The number of hydrogen-bond acceptors (Lipinski definition) is 6. The lowest BCUT2D eigenvalue weighted by molar-refractivity contribution is 0.174. The zero-order valence-electron chi connectivity index (χ0n) is 15.6. The highest BCUT2D eigenvalue weighted by atomic mass is 35.5. The molecule has 7 nitrogen and oxygen atoms in total. The van der Waals surface area contributed by atoms with Crippen LogP contribution in [0.3, 0.4) is 0 Å². The first-order valence-electron chi connectivity index (χ1n) is 8.86. The SMILES string of the molecule is COCc1nnc2n1C/C(=C(/C)COc1ccccn1)Nc1ccc(Cl)cc1-2. The highest BCUT2D eigenvalue weighted by Gasteiger charge is 2.23. The Hall–Kier alpha value is -2.90. The third-order valence-electron chi connectivity index (χ3n) is 4.51. The molecule has 0 spiro atoms. The summed E-state index contributed by atoms with van der Waals surface area (Å²) >= 11 is 6.23. The van der Waals surface area contributed by atoms with Gasteiger partial charge in [0, 0.05) is 41.3 Å². The third-order valence-corrected chi connectivity index (χ3v) is 4.75. The molecule has 0 amide bonds. The number of nitrogens with zero attached hydrogens (tertiary/aromatic N) is 4. The molecule has 144 valence electrons. The van der Waals surface area contributed by atoms with Gasteiger partial charge in [0.05, 0.1) is 6.54 Å². The van der Waals surface area contributed by atoms with Gasteiger partial charge in [-0.05, 0) is 36.8 Å². The summed E-state index contributed by atoms with van der Waals surface area (Å²) in [7, 11) is 1.64. The Labute approximate surface area is 168 Å². The van der Waals surface area contributed by atoms with Crippen LogP contribution in [-0.4, -0.2) is 33.5 Å². The summed E-state index contributed by atoms with van der Waals surface area (Å²) in [6.07, 6.45) is 1.71. The molecule has 0 saturated heterocycles. The maximum absolute atomic E-state index is 6.23. The van der Waals surface area contributed by atoms with E-state index in [1.165, 1.54) is 0 Å². The quantitative estimate of drug-likeness (QED) is 0.703. The molecule has 1 aromatic carbocycles. The summed E-state index contributed by atoms with van der Waals surface area (Å²) in [6, 6.07) is 11.3. The van der Waals surface area contributed by atoms with Crippen molar-refractivity contribution in [3.05, 3.63) is 64.7 Å². The van der Waals surface area contributed by atoms with Crippen molar-refractivity contribution < 1.29 is 9.47 Å². The van der Waals surface area contributed by atoms with E-state index in [1.807, 2.05) is 47.9 Å². The molecule has 0 aliphatic carbocycles. The van der Waals surface area contributed by atoms with Crippen LogP contribution in [0.2, 0.25) is 5.02 Å². The summed E-state index contributed by atoms with van der Waals surface area (Å²) in [5, 5.41) is 12.8. The molecule has 1 aliphatic rings. The predicted molar refractivity (Wildman–Crippen MR) is 107 cm³/mol. The lowest BCUT2D eigenvalue weighted by Crippen LogP contribution is -2.14. The molecule has 28 heavy (non-hydrogen) atoms. The van der Waals surface area contributed by atoms with Crippen LogP contribution in [0.4, 0.5) is 5.69 Å². The number of rotatable bonds is 5. The van der Waals surface area contributed by atoms with E-state index in [-0.39, 0.29) is 0 Å². The molecule has 0 saturated carbocycles. The van der Waals surface area contributed by atoms with E-state index in [9.17, 15) is 0 Å². The maximum atomic E-state index is 6.23. The van der Waals surface area contributed by atoms with Crippen LogP contribution in [-0.2, 0) is 17.9 Å². The fraction of sp³-hybridized carbons (Fsp3) is 0.250. The smallest absolute Gasteiger partial charge is 0.213 e. The molecule has 1 aliphatic heterocycles. The minimum absolute atomic E-state index is 0.375. The minimum Gasteiger partial charge on any atom is -0.473 e. The number of halogens is 1. The molecule has 0 radical (unpaired) electrons. The van der Waals surface area contributed by atoms with Gasteiger partial charge in [0.2, 0.25) is 5.88 Å². The monoisotopic (exact) mass is 397 g/mol. The Bertz CT molecular complexity index is 1020. The second-order valence-corrected chi connectivity index (χ2v) is 6.93. The van der Waals surface area contributed by atoms with Gasteiger partial charge in [-0.2, -0.15) is 0 Å². The van der Waals surface area contributed by atoms with Crippen molar-refractivity contribution in [2.24, 2.45) is 0 Å². The van der Waals surface area contributed by atoms with E-state index in [1.54, 1.807) is 13.3 Å². The molecule has 0 atom stereocenters. The third kappa shape index (κ3) is 3.72. The standard InChI is InChI=1S/C20H20ClN5O2/c1-13(11-28-19-5-3-4-8-22-19)17-10-26-18(12-27-2)24-25-20(26)15-9-14(21)6-7-16(15)23-17/h3-9,23H,10-12H2,1-2H3/b17-13+. The predicted octanol–water partition coefficient (Wildman–Crippen LogP) is 3.92. The average molecular weight is 398 g/mol. The Kier molecular flexibility index (Phi) is 5.27. The maximum Gasteiger partial charge on any atom is 0.213 e. The van der Waals surface area contributed by atoms with Crippen LogP contribution in [0.25, 0.3) is 11.4 Å². The number of aromatic nitrogens is 4. The van der Waals surface area contributed by atoms with Gasteiger partial charge in [0.25, 0.3) is 0 Å². The zero-order valence-corrected chi connectivity index (χ0v) is 16.4. The van der Waals surface area contributed by atoms with E-state index in [2.05, 4.69) is 20.5 Å². The molecule has 0 unspecified atom stereocenters. The molecular formula is C20H20ClN5O2. The summed E-state index contributed by atoms with van der Waals surface area (Å²) in [5.41, 5.74) is 3.88. The lowest BCUT2D eigenvalue weighted by atomic mass is 10.1. The highest BCUT2D eigenvalue weighted by molar-refractivity contribution is 6.31. The Balaban J connectivity index is 1.71. The second kappa shape index (κ2) is 8.00. The lowest BCUT2D eigenvalue weighted by Gasteiger charge is -2.15. The molecule has 3 heterocycles. The molecule has 8 heteroatoms. The van der Waals surface area contributed by atoms with Gasteiger partial charge < -0.3 is 19.4 Å². The Morgan fingerprint density at radius 2 is 2.14 bits per heavy atom. The molecule has 4 rings (SSSR count). The fourth-order valence-electron chi connectivity index (χ4n) is 3.05. The number of pyridine rings is 1. The van der Waals surface area contributed by atoms with Crippen molar-refractivity contribution in [2.75, 3.05) is 19.0 Å².